The van der Waals surface area contributed by atoms with Crippen molar-refractivity contribution in [2.75, 3.05) is 0 Å². The smallest absolute Gasteiger partial charge is 0.163 e. The molecule has 0 unspecified atom stereocenters. The molecule has 0 aliphatic rings. The highest BCUT2D eigenvalue weighted by Gasteiger charge is 2.15. The molecule has 0 atom stereocenters. The summed E-state index contributed by atoms with van der Waals surface area (Å²) in [6.45, 7) is 7.21. The summed E-state index contributed by atoms with van der Waals surface area (Å²) in [4.78, 5) is 11.4. The number of carbonyl (C=O) groups excluding carboxylic acids is 1. The summed E-state index contributed by atoms with van der Waals surface area (Å²) in [6, 6.07) is 3.58. The van der Waals surface area contributed by atoms with Crippen molar-refractivity contribution in [1.82, 2.24) is 0 Å². The van der Waals surface area contributed by atoms with Crippen molar-refractivity contribution in [3.63, 3.8) is 0 Å². The van der Waals surface area contributed by atoms with Crippen molar-refractivity contribution in [3.05, 3.63) is 28.3 Å². The Morgan fingerprint density at radius 2 is 2.00 bits per heavy atom. The minimum absolute atomic E-state index is 0.00222. The number of aryl methyl sites for hydroxylation is 1. The molecule has 0 spiro atoms. The molecule has 0 amide bonds. The lowest BCUT2D eigenvalue weighted by Crippen LogP contribution is -2.10. The van der Waals surface area contributed by atoms with Gasteiger partial charge in [0.1, 0.15) is 5.75 Å². The maximum Gasteiger partial charge on any atom is 0.163 e. The highest BCUT2D eigenvalue weighted by atomic mass is 35.5. The van der Waals surface area contributed by atoms with Crippen LogP contribution in [0.1, 0.15) is 36.7 Å². The fraction of sp³-hybridized carbons (Fsp3) is 0.417. The van der Waals surface area contributed by atoms with Gasteiger partial charge in [0, 0.05) is 0 Å². The molecule has 1 aromatic rings. The Morgan fingerprint density at radius 1 is 1.40 bits per heavy atom. The number of rotatable bonds is 3. The van der Waals surface area contributed by atoms with Crippen molar-refractivity contribution >= 4 is 17.4 Å². The van der Waals surface area contributed by atoms with E-state index in [9.17, 15) is 4.79 Å². The number of hydrogen-bond acceptors (Lipinski definition) is 2. The van der Waals surface area contributed by atoms with Gasteiger partial charge in [0.05, 0.1) is 16.7 Å². The normalized spacial score (nSPS) is 10.5. The van der Waals surface area contributed by atoms with Crippen LogP contribution in [-0.2, 0) is 0 Å². The van der Waals surface area contributed by atoms with Gasteiger partial charge in [0.15, 0.2) is 5.78 Å². The van der Waals surface area contributed by atoms with Crippen LogP contribution in [0.5, 0.6) is 5.75 Å². The molecule has 0 N–H and O–H groups in total. The first kappa shape index (κ1) is 12.1. The molecule has 2 nitrogen and oxygen atoms in total. The van der Waals surface area contributed by atoms with Crippen LogP contribution in [0, 0.1) is 6.92 Å². The summed E-state index contributed by atoms with van der Waals surface area (Å²) >= 11 is 6.11. The highest BCUT2D eigenvalue weighted by molar-refractivity contribution is 6.33. The first-order valence-electron chi connectivity index (χ1n) is 4.90. The Hall–Kier alpha value is -1.02. The van der Waals surface area contributed by atoms with E-state index in [1.54, 1.807) is 6.07 Å². The van der Waals surface area contributed by atoms with E-state index in [1.807, 2.05) is 26.8 Å². The van der Waals surface area contributed by atoms with Crippen LogP contribution in [0.3, 0.4) is 0 Å². The molecule has 15 heavy (non-hydrogen) atoms. The topological polar surface area (TPSA) is 26.3 Å². The number of ether oxygens (including phenoxy) is 1. The molecule has 0 aromatic heterocycles. The van der Waals surface area contributed by atoms with Gasteiger partial charge in [-0.15, -0.1) is 0 Å². The maximum atomic E-state index is 11.4. The van der Waals surface area contributed by atoms with E-state index in [0.717, 1.165) is 5.56 Å². The van der Waals surface area contributed by atoms with Gasteiger partial charge in [-0.25, -0.2) is 0 Å². The van der Waals surface area contributed by atoms with E-state index < -0.39 is 0 Å². The predicted molar refractivity (Wildman–Crippen MR) is 62.0 cm³/mol. The first-order valence-corrected chi connectivity index (χ1v) is 5.28. The second kappa shape index (κ2) is 4.67. The number of carbonyl (C=O) groups is 1. The first-order chi connectivity index (χ1) is 6.93. The Bertz CT molecular complexity index is 383. The Kier molecular flexibility index (Phi) is 3.75. The van der Waals surface area contributed by atoms with Gasteiger partial charge < -0.3 is 4.74 Å². The second-order valence-corrected chi connectivity index (χ2v) is 4.17. The van der Waals surface area contributed by atoms with Crippen LogP contribution in [-0.4, -0.2) is 11.9 Å². The summed E-state index contributed by atoms with van der Waals surface area (Å²) in [5.41, 5.74) is 1.46. The summed E-state index contributed by atoms with van der Waals surface area (Å²) < 4.78 is 5.57. The number of hydrogen-bond donors (Lipinski definition) is 0. The lowest BCUT2D eigenvalue weighted by molar-refractivity contribution is 0.101. The summed E-state index contributed by atoms with van der Waals surface area (Å²) in [5, 5.41) is 0.524. The molecule has 0 fully saturated rings. The van der Waals surface area contributed by atoms with E-state index in [1.165, 1.54) is 6.92 Å². The van der Waals surface area contributed by atoms with Gasteiger partial charge in [-0.2, -0.15) is 0 Å². The fourth-order valence-corrected chi connectivity index (χ4v) is 1.49. The van der Waals surface area contributed by atoms with Crippen LogP contribution < -0.4 is 4.74 Å². The van der Waals surface area contributed by atoms with Crippen LogP contribution in [0.15, 0.2) is 12.1 Å². The van der Waals surface area contributed by atoms with Crippen molar-refractivity contribution in [2.45, 2.75) is 33.8 Å². The number of ketones is 1. The molecule has 82 valence electrons. The van der Waals surface area contributed by atoms with Gasteiger partial charge in [0.25, 0.3) is 0 Å². The molecule has 1 rings (SSSR count). The van der Waals surface area contributed by atoms with Crippen LogP contribution >= 0.6 is 11.6 Å². The van der Waals surface area contributed by atoms with Crippen molar-refractivity contribution in [1.29, 1.82) is 0 Å². The number of Topliss-reactive ketones (excluding diaryl/α,β-unsaturated/α-hetero) is 1. The molecule has 1 aromatic carbocycles. The summed E-state index contributed by atoms with van der Waals surface area (Å²) in [5.74, 6) is 0.465. The zero-order valence-corrected chi connectivity index (χ0v) is 10.2. The van der Waals surface area contributed by atoms with Gasteiger partial charge in [-0.3, -0.25) is 4.79 Å². The molecule has 0 bridgehead atoms. The van der Waals surface area contributed by atoms with E-state index in [2.05, 4.69) is 0 Å². The Balaban J connectivity index is 3.28. The lowest BCUT2D eigenvalue weighted by Gasteiger charge is -2.15. The number of halogens is 1. The third kappa shape index (κ3) is 2.72. The monoisotopic (exact) mass is 226 g/mol. The number of benzene rings is 1. The minimum Gasteiger partial charge on any atom is -0.489 e. The third-order valence-electron chi connectivity index (χ3n) is 2.02. The van der Waals surface area contributed by atoms with Crippen LogP contribution in [0.25, 0.3) is 0 Å². The Labute approximate surface area is 95.2 Å². The summed E-state index contributed by atoms with van der Waals surface area (Å²) in [7, 11) is 0. The molecule has 0 aliphatic heterocycles. The second-order valence-electron chi connectivity index (χ2n) is 3.80. The van der Waals surface area contributed by atoms with Gasteiger partial charge >= 0.3 is 0 Å². The quantitative estimate of drug-likeness (QED) is 0.736. The summed E-state index contributed by atoms with van der Waals surface area (Å²) in [6.07, 6.45) is 0.00222. The minimum atomic E-state index is -0.0347. The van der Waals surface area contributed by atoms with Gasteiger partial charge in [-0.05, 0) is 39.3 Å². The van der Waals surface area contributed by atoms with Gasteiger partial charge in [0.2, 0.25) is 0 Å². The average molecular weight is 227 g/mol. The molecule has 0 radical (unpaired) electrons. The SMILES string of the molecule is CC(=O)c1ccc(C)c(Cl)c1OC(C)C. The van der Waals surface area contributed by atoms with Crippen LogP contribution in [0.4, 0.5) is 0 Å². The maximum absolute atomic E-state index is 11.4. The predicted octanol–water partition coefficient (Wildman–Crippen LogP) is 3.64. The molecular weight excluding hydrogens is 212 g/mol. The zero-order valence-electron chi connectivity index (χ0n) is 9.43. The van der Waals surface area contributed by atoms with E-state index in [-0.39, 0.29) is 11.9 Å². The average Bonchev–Trinajstić information content (AvgIpc) is 2.12. The molecule has 0 saturated carbocycles. The molecule has 0 aliphatic carbocycles. The molecule has 0 heterocycles. The molecular formula is C12H15ClO2. The van der Waals surface area contributed by atoms with E-state index in [4.69, 9.17) is 16.3 Å². The van der Waals surface area contributed by atoms with Crippen molar-refractivity contribution in [3.8, 4) is 5.75 Å². The fourth-order valence-electron chi connectivity index (χ4n) is 1.28. The lowest BCUT2D eigenvalue weighted by atomic mass is 10.1. The van der Waals surface area contributed by atoms with E-state index in [0.29, 0.717) is 16.3 Å². The molecule has 3 heteroatoms. The van der Waals surface area contributed by atoms with Crippen LogP contribution in [0.2, 0.25) is 5.02 Å². The largest absolute Gasteiger partial charge is 0.489 e. The van der Waals surface area contributed by atoms with E-state index >= 15 is 0 Å². The van der Waals surface area contributed by atoms with Crippen molar-refractivity contribution in [2.24, 2.45) is 0 Å². The zero-order chi connectivity index (χ0) is 11.6. The molecule has 0 saturated heterocycles. The van der Waals surface area contributed by atoms with Crippen molar-refractivity contribution < 1.29 is 9.53 Å². The Morgan fingerprint density at radius 3 is 2.47 bits per heavy atom. The van der Waals surface area contributed by atoms with Gasteiger partial charge in [-0.1, -0.05) is 17.7 Å². The third-order valence-corrected chi connectivity index (χ3v) is 2.49. The standard InChI is InChI=1S/C12H15ClO2/c1-7(2)15-12-10(9(4)14)6-5-8(3)11(12)13/h5-7H,1-4H3. The highest BCUT2D eigenvalue weighted by Crippen LogP contribution is 2.32.